The molecule has 3 aromatic carbocycles. The van der Waals surface area contributed by atoms with Crippen molar-refractivity contribution in [3.05, 3.63) is 75.8 Å². The second-order valence-corrected chi connectivity index (χ2v) is 7.37. The molecule has 5 heteroatoms. The standard InChI is InChI=1S/C22H17BrN2O2/c1-13-3-7-18-21(9-13)27-22(25-18)15-5-4-14(2)19(11-15)24-12-16-10-17(23)6-8-20(16)26/h3-12,26H,1-2H3. The number of oxazole rings is 1. The van der Waals surface area contributed by atoms with E-state index in [1.807, 2.05) is 56.3 Å². The Morgan fingerprint density at radius 1 is 1.04 bits per heavy atom. The van der Waals surface area contributed by atoms with Crippen LogP contribution in [-0.4, -0.2) is 16.3 Å². The fraction of sp³-hybridized carbons (Fsp3) is 0.0909. The van der Waals surface area contributed by atoms with Gasteiger partial charge in [0, 0.05) is 21.8 Å². The van der Waals surface area contributed by atoms with Crippen molar-refractivity contribution in [1.82, 2.24) is 4.98 Å². The van der Waals surface area contributed by atoms with Gasteiger partial charge in [-0.15, -0.1) is 0 Å². The van der Waals surface area contributed by atoms with Crippen LogP contribution in [0.2, 0.25) is 0 Å². The summed E-state index contributed by atoms with van der Waals surface area (Å²) in [5, 5.41) is 9.98. The highest BCUT2D eigenvalue weighted by Crippen LogP contribution is 2.30. The van der Waals surface area contributed by atoms with E-state index in [1.165, 1.54) is 0 Å². The lowest BCUT2D eigenvalue weighted by Crippen LogP contribution is -1.84. The second-order valence-electron chi connectivity index (χ2n) is 6.45. The van der Waals surface area contributed by atoms with Crippen LogP contribution in [0.15, 0.2) is 68.5 Å². The zero-order valence-electron chi connectivity index (χ0n) is 14.9. The zero-order valence-corrected chi connectivity index (χ0v) is 16.5. The number of benzene rings is 3. The summed E-state index contributed by atoms with van der Waals surface area (Å²) in [6.45, 7) is 4.02. The zero-order chi connectivity index (χ0) is 19.0. The van der Waals surface area contributed by atoms with E-state index in [-0.39, 0.29) is 5.75 Å². The summed E-state index contributed by atoms with van der Waals surface area (Å²) in [5.74, 6) is 0.752. The number of halogens is 1. The maximum atomic E-state index is 9.98. The average Bonchev–Trinajstić information content (AvgIpc) is 3.06. The molecule has 0 radical (unpaired) electrons. The Morgan fingerprint density at radius 2 is 1.89 bits per heavy atom. The molecule has 0 unspecified atom stereocenters. The smallest absolute Gasteiger partial charge is 0.227 e. The van der Waals surface area contributed by atoms with Crippen LogP contribution in [0, 0.1) is 13.8 Å². The fourth-order valence-electron chi connectivity index (χ4n) is 2.80. The van der Waals surface area contributed by atoms with Gasteiger partial charge in [0.05, 0.1) is 5.69 Å². The van der Waals surface area contributed by atoms with Gasteiger partial charge >= 0.3 is 0 Å². The Balaban J connectivity index is 1.72. The number of aliphatic imine (C=N–C) groups is 1. The van der Waals surface area contributed by atoms with Gasteiger partial charge in [-0.3, -0.25) is 4.99 Å². The molecule has 1 N–H and O–H groups in total. The summed E-state index contributed by atoms with van der Waals surface area (Å²) >= 11 is 3.41. The molecule has 1 heterocycles. The van der Waals surface area contributed by atoms with Crippen LogP contribution >= 0.6 is 15.9 Å². The van der Waals surface area contributed by atoms with Gasteiger partial charge in [0.25, 0.3) is 0 Å². The van der Waals surface area contributed by atoms with Gasteiger partial charge in [0.1, 0.15) is 11.3 Å². The van der Waals surface area contributed by atoms with Crippen LogP contribution in [0.1, 0.15) is 16.7 Å². The van der Waals surface area contributed by atoms with Crippen molar-refractivity contribution in [2.45, 2.75) is 13.8 Å². The molecule has 0 saturated heterocycles. The minimum atomic E-state index is 0.185. The topological polar surface area (TPSA) is 58.6 Å². The molecule has 27 heavy (non-hydrogen) atoms. The minimum Gasteiger partial charge on any atom is -0.507 e. The summed E-state index contributed by atoms with van der Waals surface area (Å²) in [7, 11) is 0. The van der Waals surface area contributed by atoms with Crippen LogP contribution in [0.25, 0.3) is 22.6 Å². The number of phenolic OH excluding ortho intramolecular Hbond substituents is 1. The first-order valence-electron chi connectivity index (χ1n) is 8.50. The Labute approximate surface area is 165 Å². The summed E-state index contributed by atoms with van der Waals surface area (Å²) in [5.41, 5.74) is 6.07. The number of aryl methyl sites for hydroxylation is 2. The molecule has 0 saturated carbocycles. The average molecular weight is 421 g/mol. The van der Waals surface area contributed by atoms with Crippen molar-refractivity contribution in [1.29, 1.82) is 0 Å². The molecule has 0 amide bonds. The SMILES string of the molecule is Cc1ccc2nc(-c3ccc(C)c(N=Cc4cc(Br)ccc4O)c3)oc2c1. The van der Waals surface area contributed by atoms with Gasteiger partial charge in [0.15, 0.2) is 5.58 Å². The third kappa shape index (κ3) is 3.64. The van der Waals surface area contributed by atoms with Crippen molar-refractivity contribution in [2.24, 2.45) is 4.99 Å². The van der Waals surface area contributed by atoms with E-state index in [1.54, 1.807) is 18.3 Å². The molecule has 0 bridgehead atoms. The molecular formula is C22H17BrN2O2. The predicted molar refractivity (Wildman–Crippen MR) is 112 cm³/mol. The maximum absolute atomic E-state index is 9.98. The van der Waals surface area contributed by atoms with Crippen LogP contribution < -0.4 is 0 Å². The lowest BCUT2D eigenvalue weighted by atomic mass is 10.1. The molecule has 0 fully saturated rings. The van der Waals surface area contributed by atoms with E-state index in [0.717, 1.165) is 38.0 Å². The van der Waals surface area contributed by atoms with Gasteiger partial charge in [-0.05, 0) is 67.4 Å². The highest BCUT2D eigenvalue weighted by molar-refractivity contribution is 9.10. The van der Waals surface area contributed by atoms with Gasteiger partial charge in [0.2, 0.25) is 5.89 Å². The molecule has 0 spiro atoms. The van der Waals surface area contributed by atoms with Crippen LogP contribution in [0.5, 0.6) is 5.75 Å². The van der Waals surface area contributed by atoms with Crippen molar-refractivity contribution < 1.29 is 9.52 Å². The number of fused-ring (bicyclic) bond motifs is 1. The van der Waals surface area contributed by atoms with Crippen molar-refractivity contribution in [2.75, 3.05) is 0 Å². The van der Waals surface area contributed by atoms with Gasteiger partial charge < -0.3 is 9.52 Å². The fourth-order valence-corrected chi connectivity index (χ4v) is 3.18. The van der Waals surface area contributed by atoms with Gasteiger partial charge in [-0.1, -0.05) is 28.1 Å². The minimum absolute atomic E-state index is 0.185. The van der Waals surface area contributed by atoms with Gasteiger partial charge in [-0.25, -0.2) is 4.98 Å². The Morgan fingerprint density at radius 3 is 2.74 bits per heavy atom. The van der Waals surface area contributed by atoms with Crippen molar-refractivity contribution >= 4 is 38.9 Å². The molecule has 0 aliphatic rings. The third-order valence-corrected chi connectivity index (χ3v) is 4.83. The molecule has 134 valence electrons. The Kier molecular flexibility index (Phi) is 4.54. The summed E-state index contributed by atoms with van der Waals surface area (Å²) in [6, 6.07) is 17.1. The number of nitrogens with zero attached hydrogens (tertiary/aromatic N) is 2. The lowest BCUT2D eigenvalue weighted by molar-refractivity contribution is 0.474. The first-order valence-corrected chi connectivity index (χ1v) is 9.30. The number of aromatic nitrogens is 1. The Bertz CT molecular complexity index is 1180. The van der Waals surface area contributed by atoms with Crippen LogP contribution in [0.4, 0.5) is 5.69 Å². The molecule has 1 aromatic heterocycles. The van der Waals surface area contributed by atoms with Crippen molar-refractivity contribution in [3.8, 4) is 17.2 Å². The van der Waals surface area contributed by atoms with E-state index in [2.05, 4.69) is 25.9 Å². The molecular weight excluding hydrogens is 404 g/mol. The molecule has 4 nitrogen and oxygen atoms in total. The number of rotatable bonds is 3. The highest BCUT2D eigenvalue weighted by atomic mass is 79.9. The van der Waals surface area contributed by atoms with Crippen LogP contribution in [0.3, 0.4) is 0 Å². The third-order valence-electron chi connectivity index (χ3n) is 4.33. The maximum Gasteiger partial charge on any atom is 0.227 e. The Hall–Kier alpha value is -2.92. The number of hydrogen-bond donors (Lipinski definition) is 1. The van der Waals surface area contributed by atoms with E-state index < -0.39 is 0 Å². The summed E-state index contributed by atoms with van der Waals surface area (Å²) < 4.78 is 6.80. The van der Waals surface area contributed by atoms with E-state index in [0.29, 0.717) is 11.5 Å². The summed E-state index contributed by atoms with van der Waals surface area (Å²) in [6.07, 6.45) is 1.65. The molecule has 0 aliphatic carbocycles. The molecule has 0 aliphatic heterocycles. The second kappa shape index (κ2) is 7.00. The molecule has 4 aromatic rings. The largest absolute Gasteiger partial charge is 0.507 e. The van der Waals surface area contributed by atoms with E-state index >= 15 is 0 Å². The highest BCUT2D eigenvalue weighted by Gasteiger charge is 2.10. The quantitative estimate of drug-likeness (QED) is 0.393. The van der Waals surface area contributed by atoms with E-state index in [9.17, 15) is 5.11 Å². The normalized spacial score (nSPS) is 11.5. The van der Waals surface area contributed by atoms with Gasteiger partial charge in [-0.2, -0.15) is 0 Å². The molecule has 4 rings (SSSR count). The lowest BCUT2D eigenvalue weighted by Gasteiger charge is -2.03. The number of phenols is 1. The number of hydrogen-bond acceptors (Lipinski definition) is 4. The number of aromatic hydroxyl groups is 1. The summed E-state index contributed by atoms with van der Waals surface area (Å²) in [4.78, 5) is 9.13. The van der Waals surface area contributed by atoms with Crippen LogP contribution in [-0.2, 0) is 0 Å². The predicted octanol–water partition coefficient (Wildman–Crippen LogP) is 6.33. The first-order chi connectivity index (χ1) is 13.0. The monoisotopic (exact) mass is 420 g/mol. The van der Waals surface area contributed by atoms with Crippen molar-refractivity contribution in [3.63, 3.8) is 0 Å². The molecule has 0 atom stereocenters. The first kappa shape index (κ1) is 17.5. The van der Waals surface area contributed by atoms with E-state index in [4.69, 9.17) is 4.42 Å².